The van der Waals surface area contributed by atoms with E-state index >= 15 is 0 Å². The van der Waals surface area contributed by atoms with Crippen molar-refractivity contribution in [2.75, 3.05) is 0 Å². The Morgan fingerprint density at radius 2 is 0.965 bits per heavy atom. The zero-order valence-electron chi connectivity index (χ0n) is 31.8. The normalized spacial score (nSPS) is 21.7. The van der Waals surface area contributed by atoms with Crippen molar-refractivity contribution in [2.45, 2.75) is 50.6 Å². The second kappa shape index (κ2) is 16.1. The van der Waals surface area contributed by atoms with Gasteiger partial charge < -0.3 is 25.7 Å². The summed E-state index contributed by atoms with van der Waals surface area (Å²) in [6, 6.07) is 49.7. The van der Waals surface area contributed by atoms with E-state index in [9.17, 15) is 4.79 Å². The molecule has 3 aliphatic heterocycles. The van der Waals surface area contributed by atoms with Crippen molar-refractivity contribution in [1.29, 1.82) is 0 Å². The lowest BCUT2D eigenvalue weighted by molar-refractivity contribution is -0.137. The van der Waals surface area contributed by atoms with Crippen molar-refractivity contribution in [3.8, 4) is 0 Å². The number of nitrogens with one attached hydrogen (secondary N) is 4. The van der Waals surface area contributed by atoms with E-state index in [2.05, 4.69) is 184 Å². The van der Waals surface area contributed by atoms with Gasteiger partial charge in [-0.3, -0.25) is 4.79 Å². The minimum atomic E-state index is -0.713. The van der Waals surface area contributed by atoms with E-state index in [-0.39, 0.29) is 18.5 Å². The molecule has 0 aliphatic carbocycles. The number of carboxylic acid groups (broad SMARTS) is 1. The van der Waals surface area contributed by atoms with Crippen LogP contribution in [-0.4, -0.2) is 33.1 Å². The van der Waals surface area contributed by atoms with E-state index < -0.39 is 5.97 Å². The number of carbonyl (C=O) groups is 1. The van der Waals surface area contributed by atoms with Crippen molar-refractivity contribution in [3.63, 3.8) is 0 Å². The minimum Gasteiger partial charge on any atom is -0.481 e. The van der Waals surface area contributed by atoms with Gasteiger partial charge in [0.1, 0.15) is 0 Å². The Balaban J connectivity index is 1.21. The average molecular weight is 747 g/mol. The summed E-state index contributed by atoms with van der Waals surface area (Å²) < 4.78 is 0. The number of carboxylic acids is 1. The van der Waals surface area contributed by atoms with E-state index in [1.165, 1.54) is 16.7 Å². The molecule has 282 valence electrons. The molecule has 0 saturated heterocycles. The molecule has 6 heteroatoms. The number of fused-ring (bicyclic) bond motifs is 8. The van der Waals surface area contributed by atoms with E-state index in [4.69, 9.17) is 5.11 Å². The smallest absolute Gasteiger partial charge is 0.303 e. The molecule has 2 atom stereocenters. The number of unbranched alkanes of at least 4 members (excludes halogenated alkanes) is 3. The highest BCUT2D eigenvalue weighted by atomic mass is 16.4. The Kier molecular flexibility index (Phi) is 10.2. The van der Waals surface area contributed by atoms with Crippen LogP contribution in [0.4, 0.5) is 0 Å². The van der Waals surface area contributed by atoms with E-state index in [1.54, 1.807) is 0 Å². The van der Waals surface area contributed by atoms with Gasteiger partial charge in [0, 0.05) is 62.2 Å². The summed E-state index contributed by atoms with van der Waals surface area (Å²) in [5, 5.41) is 19.0. The molecular formula is C51H46N4O2. The second-order valence-electron chi connectivity index (χ2n) is 15.0. The molecule has 4 aromatic carbocycles. The van der Waals surface area contributed by atoms with Gasteiger partial charge in [-0.15, -0.1) is 0 Å². The summed E-state index contributed by atoms with van der Waals surface area (Å²) in [5.74, 6) is -0.713. The first-order chi connectivity index (χ1) is 28.1. The van der Waals surface area contributed by atoms with Crippen LogP contribution >= 0.6 is 0 Å². The molecule has 5 N–H and O–H groups in total. The number of aromatic amines is 2. The lowest BCUT2D eigenvalue weighted by Gasteiger charge is -2.20. The fraction of sp³-hybridized carbons (Fsp3) is 0.157. The highest BCUT2D eigenvalue weighted by Crippen LogP contribution is 2.35. The first-order valence-electron chi connectivity index (χ1n) is 20.1. The van der Waals surface area contributed by atoms with Gasteiger partial charge in [0.15, 0.2) is 0 Å². The number of H-pyrrole nitrogens is 2. The molecule has 0 radical (unpaired) electrons. The summed E-state index contributed by atoms with van der Waals surface area (Å²) in [5.41, 5.74) is 14.7. The van der Waals surface area contributed by atoms with Crippen LogP contribution in [-0.2, 0) is 11.2 Å². The summed E-state index contributed by atoms with van der Waals surface area (Å²) in [6.07, 6.45) is 14.0. The number of aliphatic carboxylic acids is 1. The van der Waals surface area contributed by atoms with Crippen molar-refractivity contribution < 1.29 is 9.90 Å². The molecule has 2 unspecified atom stereocenters. The Labute approximate surface area is 333 Å². The van der Waals surface area contributed by atoms with Crippen molar-refractivity contribution in [1.82, 2.24) is 20.6 Å². The van der Waals surface area contributed by atoms with Gasteiger partial charge in [-0.05, 0) is 83.5 Å². The zero-order valence-corrected chi connectivity index (χ0v) is 31.8. The molecule has 0 amide bonds. The summed E-state index contributed by atoms with van der Waals surface area (Å²) in [7, 11) is 0. The largest absolute Gasteiger partial charge is 0.481 e. The van der Waals surface area contributed by atoms with Gasteiger partial charge in [-0.1, -0.05) is 140 Å². The van der Waals surface area contributed by atoms with Crippen LogP contribution in [0.5, 0.6) is 0 Å². The van der Waals surface area contributed by atoms with Crippen LogP contribution in [0, 0.1) is 0 Å². The molecule has 57 heavy (non-hydrogen) atoms. The average Bonchev–Trinajstić information content (AvgIpc) is 4.09. The van der Waals surface area contributed by atoms with Gasteiger partial charge in [0.25, 0.3) is 0 Å². The van der Waals surface area contributed by atoms with Gasteiger partial charge >= 0.3 is 5.97 Å². The van der Waals surface area contributed by atoms with Crippen molar-refractivity contribution >= 4 is 28.3 Å². The molecular weight excluding hydrogens is 701 g/mol. The highest BCUT2D eigenvalue weighted by molar-refractivity contribution is 5.88. The Morgan fingerprint density at radius 3 is 1.47 bits per heavy atom. The predicted molar refractivity (Wildman–Crippen MR) is 230 cm³/mol. The Morgan fingerprint density at radius 1 is 0.491 bits per heavy atom. The van der Waals surface area contributed by atoms with Crippen LogP contribution in [0.15, 0.2) is 175 Å². The Hall–Kier alpha value is -6.79. The lowest BCUT2D eigenvalue weighted by Crippen LogP contribution is -2.31. The maximum atomic E-state index is 10.9. The SMILES string of the molecule is O=C(O)CCCCCCc1ccc(/C2=c3\cc/c([nH]3)=C(\c3ccccc3)C3C=C/C(=C(\c4ccccc4)c4ccc([nH]4)/C(c4ccccc4)=C4/C=CC2N4)N3)cc1. The number of aryl methyl sites for hydroxylation is 1. The highest BCUT2D eigenvalue weighted by Gasteiger charge is 2.27. The fourth-order valence-electron chi connectivity index (χ4n) is 8.51. The molecule has 8 bridgehead atoms. The quantitative estimate of drug-likeness (QED) is 0.0860. The fourth-order valence-corrected chi connectivity index (χ4v) is 8.51. The van der Waals surface area contributed by atoms with Crippen molar-refractivity contribution in [3.05, 3.63) is 225 Å². The monoisotopic (exact) mass is 746 g/mol. The lowest BCUT2D eigenvalue weighted by atomic mass is 9.96. The van der Waals surface area contributed by atoms with Gasteiger partial charge in [0.05, 0.1) is 12.1 Å². The van der Waals surface area contributed by atoms with Crippen LogP contribution < -0.4 is 21.3 Å². The van der Waals surface area contributed by atoms with Gasteiger partial charge in [-0.25, -0.2) is 0 Å². The molecule has 6 nitrogen and oxygen atoms in total. The third kappa shape index (κ3) is 7.59. The number of aromatic nitrogens is 2. The van der Waals surface area contributed by atoms with Crippen LogP contribution in [0.25, 0.3) is 22.3 Å². The van der Waals surface area contributed by atoms with E-state index in [0.717, 1.165) is 99.0 Å². The molecule has 5 heterocycles. The predicted octanol–water partition coefficient (Wildman–Crippen LogP) is 8.61. The number of benzene rings is 4. The maximum absolute atomic E-state index is 10.9. The number of rotatable bonds is 11. The molecule has 6 aromatic rings. The third-order valence-corrected chi connectivity index (χ3v) is 11.3. The molecule has 3 aliphatic rings. The molecule has 0 spiro atoms. The van der Waals surface area contributed by atoms with Crippen LogP contribution in [0.1, 0.15) is 71.3 Å². The summed E-state index contributed by atoms with van der Waals surface area (Å²) >= 11 is 0. The Bertz CT molecular complexity index is 2640. The second-order valence-corrected chi connectivity index (χ2v) is 15.0. The topological polar surface area (TPSA) is 92.9 Å². The first kappa shape index (κ1) is 35.9. The first-order valence-corrected chi connectivity index (χ1v) is 20.1. The molecule has 0 fully saturated rings. The van der Waals surface area contributed by atoms with E-state index in [0.29, 0.717) is 0 Å². The van der Waals surface area contributed by atoms with Crippen molar-refractivity contribution in [2.24, 2.45) is 0 Å². The molecule has 2 aromatic heterocycles. The summed E-state index contributed by atoms with van der Waals surface area (Å²) in [4.78, 5) is 18.7. The van der Waals surface area contributed by atoms with Crippen LogP contribution in [0.2, 0.25) is 0 Å². The van der Waals surface area contributed by atoms with Crippen LogP contribution in [0.3, 0.4) is 0 Å². The maximum Gasteiger partial charge on any atom is 0.303 e. The summed E-state index contributed by atoms with van der Waals surface area (Å²) in [6.45, 7) is 0. The standard InChI is InChI=1S/C51H46N4O2/c56-47(57)21-13-2-1-6-14-34-22-24-38(25-23-34)51-45-32-30-43(54-45)49(36-17-9-4-10-18-36)41-28-26-39(52-41)48(35-15-7-3-8-16-35)40-27-29-42(53-40)50(37-19-11-5-12-20-37)44-31-33-46(51)55-44/h3-5,7-12,15-20,22-33,41,46,52-55H,1-2,6,13-14,21H2,(H,56,57)/b48-39-,49-43-,50-44-,51-45-. The zero-order chi connectivity index (χ0) is 38.6. The van der Waals surface area contributed by atoms with Gasteiger partial charge in [-0.2, -0.15) is 0 Å². The van der Waals surface area contributed by atoms with E-state index in [1.807, 2.05) is 0 Å². The number of hydrogen-bond acceptors (Lipinski definition) is 3. The molecule has 9 rings (SSSR count). The number of allylic oxidation sites excluding steroid dienone is 2. The third-order valence-electron chi connectivity index (χ3n) is 11.3. The number of hydrogen-bond donors (Lipinski definition) is 5. The minimum absolute atomic E-state index is 0.0716. The van der Waals surface area contributed by atoms with Gasteiger partial charge in [0.2, 0.25) is 0 Å². The molecule has 0 saturated carbocycles.